The van der Waals surface area contributed by atoms with Crippen LogP contribution in [0, 0.1) is 0 Å². The fourth-order valence-electron chi connectivity index (χ4n) is 4.14. The zero-order valence-corrected chi connectivity index (χ0v) is 13.8. The van der Waals surface area contributed by atoms with E-state index in [1.165, 1.54) is 0 Å². The van der Waals surface area contributed by atoms with Gasteiger partial charge in [-0.15, -0.1) is 0 Å². The van der Waals surface area contributed by atoms with Gasteiger partial charge in [-0.2, -0.15) is 0 Å². The molecule has 0 amide bonds. The number of aliphatic hydroxyl groups is 1. The highest BCUT2D eigenvalue weighted by molar-refractivity contribution is 7.92. The van der Waals surface area contributed by atoms with Gasteiger partial charge >= 0.3 is 0 Å². The number of rotatable bonds is 1. The fourth-order valence-corrected chi connectivity index (χ4v) is 6.69. The first kappa shape index (κ1) is 15.3. The highest BCUT2D eigenvalue weighted by atomic mass is 32.2. The first-order chi connectivity index (χ1) is 11.0. The molecule has 5 nitrogen and oxygen atoms in total. The average Bonchev–Trinajstić information content (AvgIpc) is 2.73. The summed E-state index contributed by atoms with van der Waals surface area (Å²) in [4.78, 5) is 0. The second-order valence-electron chi connectivity index (χ2n) is 6.92. The van der Waals surface area contributed by atoms with Crippen molar-refractivity contribution in [2.75, 3.05) is 13.2 Å². The normalized spacial score (nSPS) is 35.3. The van der Waals surface area contributed by atoms with Crippen molar-refractivity contribution >= 4 is 9.84 Å². The minimum absolute atomic E-state index is 0.283. The molecule has 4 rings (SSSR count). The van der Waals surface area contributed by atoms with Crippen LogP contribution >= 0.6 is 0 Å². The summed E-state index contributed by atoms with van der Waals surface area (Å²) < 4.78 is 36.2. The van der Waals surface area contributed by atoms with Crippen molar-refractivity contribution in [3.63, 3.8) is 0 Å². The molecule has 2 unspecified atom stereocenters. The standard InChI is InChI=1S/C17H22O5S/c18-17(10-13-3-1-4-14(11-17)23(13,19)20)12-5-6-15-16(9-12)22-8-2-7-21-15/h5-6,9,13-14,18H,1-4,7-8,10-11H2. The van der Waals surface area contributed by atoms with Crippen LogP contribution < -0.4 is 9.47 Å². The SMILES string of the molecule is O=S1(=O)C2CCCC1CC(O)(c1ccc3c(c1)OCCCO3)C2. The number of hydrogen-bond acceptors (Lipinski definition) is 5. The molecule has 2 bridgehead atoms. The van der Waals surface area contributed by atoms with Crippen molar-refractivity contribution in [1.82, 2.24) is 0 Å². The fraction of sp³-hybridized carbons (Fsp3) is 0.647. The molecule has 2 saturated heterocycles. The molecule has 0 radical (unpaired) electrons. The molecule has 3 heterocycles. The second-order valence-corrected chi connectivity index (χ2v) is 9.43. The van der Waals surface area contributed by atoms with E-state index in [1.54, 1.807) is 0 Å². The van der Waals surface area contributed by atoms with E-state index in [4.69, 9.17) is 9.47 Å². The molecule has 3 aliphatic heterocycles. The Morgan fingerprint density at radius 1 is 1.00 bits per heavy atom. The van der Waals surface area contributed by atoms with Crippen LogP contribution in [-0.4, -0.2) is 37.2 Å². The van der Waals surface area contributed by atoms with Crippen LogP contribution in [0.1, 0.15) is 44.1 Å². The van der Waals surface area contributed by atoms with Gasteiger partial charge in [0, 0.05) is 6.42 Å². The first-order valence-electron chi connectivity index (χ1n) is 8.34. The van der Waals surface area contributed by atoms with E-state index < -0.39 is 25.9 Å². The molecule has 0 spiro atoms. The first-order valence-corrected chi connectivity index (χ1v) is 9.95. The van der Waals surface area contributed by atoms with E-state index >= 15 is 0 Å². The Morgan fingerprint density at radius 2 is 1.65 bits per heavy atom. The highest BCUT2D eigenvalue weighted by Crippen LogP contribution is 2.47. The molecule has 1 aromatic carbocycles. The lowest BCUT2D eigenvalue weighted by Gasteiger charge is -2.44. The summed E-state index contributed by atoms with van der Waals surface area (Å²) in [6.07, 6.45) is 3.65. The van der Waals surface area contributed by atoms with Crippen LogP contribution in [0.15, 0.2) is 18.2 Å². The van der Waals surface area contributed by atoms with Crippen molar-refractivity contribution < 1.29 is 23.0 Å². The average molecular weight is 338 g/mol. The Kier molecular flexibility index (Phi) is 3.57. The smallest absolute Gasteiger partial charge is 0.161 e. The number of ether oxygens (including phenoxy) is 2. The number of hydrogen-bond donors (Lipinski definition) is 1. The Bertz CT molecular complexity index is 692. The number of fused-ring (bicyclic) bond motifs is 3. The molecular formula is C17H22O5S. The van der Waals surface area contributed by atoms with Crippen molar-refractivity contribution in [3.05, 3.63) is 23.8 Å². The quantitative estimate of drug-likeness (QED) is 0.849. The minimum Gasteiger partial charge on any atom is -0.490 e. The van der Waals surface area contributed by atoms with Gasteiger partial charge in [0.05, 0.1) is 29.3 Å². The maximum Gasteiger partial charge on any atom is 0.161 e. The van der Waals surface area contributed by atoms with Gasteiger partial charge in [-0.05, 0) is 43.4 Å². The summed E-state index contributed by atoms with van der Waals surface area (Å²) in [7, 11) is -3.08. The molecule has 0 saturated carbocycles. The Hall–Kier alpha value is -1.27. The summed E-state index contributed by atoms with van der Waals surface area (Å²) in [5.74, 6) is 1.34. The van der Waals surface area contributed by atoms with E-state index in [0.29, 0.717) is 37.6 Å². The minimum atomic E-state index is -3.08. The van der Waals surface area contributed by atoms with Crippen LogP contribution in [0.25, 0.3) is 0 Å². The zero-order valence-electron chi connectivity index (χ0n) is 13.0. The predicted octanol–water partition coefficient (Wildman–Crippen LogP) is 2.17. The van der Waals surface area contributed by atoms with Gasteiger partial charge in [0.25, 0.3) is 0 Å². The van der Waals surface area contributed by atoms with Gasteiger partial charge in [-0.25, -0.2) is 8.42 Å². The molecule has 0 aromatic heterocycles. The summed E-state index contributed by atoms with van der Waals surface area (Å²) >= 11 is 0. The lowest BCUT2D eigenvalue weighted by Crippen LogP contribution is -2.50. The highest BCUT2D eigenvalue weighted by Gasteiger charge is 2.51. The van der Waals surface area contributed by atoms with E-state index in [-0.39, 0.29) is 12.8 Å². The molecule has 2 fully saturated rings. The largest absolute Gasteiger partial charge is 0.490 e. The van der Waals surface area contributed by atoms with Crippen molar-refractivity contribution in [2.45, 2.75) is 54.6 Å². The van der Waals surface area contributed by atoms with Gasteiger partial charge < -0.3 is 14.6 Å². The van der Waals surface area contributed by atoms with E-state index in [1.807, 2.05) is 18.2 Å². The van der Waals surface area contributed by atoms with Crippen molar-refractivity contribution in [2.24, 2.45) is 0 Å². The van der Waals surface area contributed by atoms with Crippen LogP contribution in [-0.2, 0) is 15.4 Å². The monoisotopic (exact) mass is 338 g/mol. The molecule has 2 atom stereocenters. The van der Waals surface area contributed by atoms with Gasteiger partial charge in [0.15, 0.2) is 21.3 Å². The Balaban J connectivity index is 1.69. The van der Waals surface area contributed by atoms with E-state index in [9.17, 15) is 13.5 Å². The lowest BCUT2D eigenvalue weighted by atomic mass is 9.80. The Morgan fingerprint density at radius 3 is 2.35 bits per heavy atom. The van der Waals surface area contributed by atoms with E-state index in [2.05, 4.69) is 0 Å². The number of benzene rings is 1. The molecule has 3 aliphatic rings. The summed E-state index contributed by atoms with van der Waals surface area (Å²) in [5.41, 5.74) is -0.347. The summed E-state index contributed by atoms with van der Waals surface area (Å²) in [6.45, 7) is 1.22. The maximum absolute atomic E-state index is 12.4. The molecule has 126 valence electrons. The lowest BCUT2D eigenvalue weighted by molar-refractivity contribution is 0.00478. The topological polar surface area (TPSA) is 72.8 Å². The van der Waals surface area contributed by atoms with Crippen LogP contribution in [0.5, 0.6) is 11.5 Å². The molecular weight excluding hydrogens is 316 g/mol. The predicted molar refractivity (Wildman–Crippen MR) is 85.5 cm³/mol. The van der Waals surface area contributed by atoms with Crippen LogP contribution in [0.2, 0.25) is 0 Å². The second kappa shape index (κ2) is 5.38. The maximum atomic E-state index is 12.4. The molecule has 0 aliphatic carbocycles. The third-order valence-corrected chi connectivity index (χ3v) is 8.06. The van der Waals surface area contributed by atoms with Gasteiger partial charge in [0.2, 0.25) is 0 Å². The summed E-state index contributed by atoms with van der Waals surface area (Å²) in [5, 5.41) is 10.4. The van der Waals surface area contributed by atoms with Crippen molar-refractivity contribution in [1.29, 1.82) is 0 Å². The third kappa shape index (κ3) is 2.52. The zero-order chi connectivity index (χ0) is 16.1. The molecule has 23 heavy (non-hydrogen) atoms. The van der Waals surface area contributed by atoms with Gasteiger partial charge in [-0.3, -0.25) is 0 Å². The van der Waals surface area contributed by atoms with E-state index in [0.717, 1.165) is 18.4 Å². The third-order valence-electron chi connectivity index (χ3n) is 5.40. The number of sulfone groups is 1. The van der Waals surface area contributed by atoms with Gasteiger partial charge in [0.1, 0.15) is 0 Å². The molecule has 1 N–H and O–H groups in total. The van der Waals surface area contributed by atoms with Crippen LogP contribution in [0.3, 0.4) is 0 Å². The van der Waals surface area contributed by atoms with Gasteiger partial charge in [-0.1, -0.05) is 12.5 Å². The van der Waals surface area contributed by atoms with Crippen LogP contribution in [0.4, 0.5) is 0 Å². The Labute approximate surface area is 136 Å². The molecule has 6 heteroatoms. The summed E-state index contributed by atoms with van der Waals surface area (Å²) in [6, 6.07) is 5.50. The molecule has 1 aromatic rings. The van der Waals surface area contributed by atoms with Crippen molar-refractivity contribution in [3.8, 4) is 11.5 Å².